The number of benzene rings is 3. The predicted molar refractivity (Wildman–Crippen MR) is 158 cm³/mol. The van der Waals surface area contributed by atoms with Gasteiger partial charge in [0.1, 0.15) is 0 Å². The van der Waals surface area contributed by atoms with Crippen LogP contribution in [0.2, 0.25) is 0 Å². The molecule has 11 heteroatoms. The predicted octanol–water partition coefficient (Wildman–Crippen LogP) is 6.53. The lowest BCUT2D eigenvalue weighted by Gasteiger charge is -2.34. The highest BCUT2D eigenvalue weighted by atomic mass is 32.5. The molecule has 0 aliphatic rings. The van der Waals surface area contributed by atoms with Crippen LogP contribution in [0.1, 0.15) is 30.5 Å². The number of hydrogen-bond acceptors (Lipinski definition) is 10. The number of aromatic nitrogens is 1. The first-order chi connectivity index (χ1) is 18.9. The first kappa shape index (κ1) is 28.6. The number of carbonyl (C=O) groups is 1. The molecule has 1 heterocycles. The van der Waals surface area contributed by atoms with Crippen LogP contribution in [0, 0.1) is 0 Å². The van der Waals surface area contributed by atoms with Crippen molar-refractivity contribution >= 4 is 47.2 Å². The Morgan fingerprint density at radius 1 is 0.974 bits per heavy atom. The van der Waals surface area contributed by atoms with E-state index in [9.17, 15) is 4.79 Å². The van der Waals surface area contributed by atoms with E-state index >= 15 is 0 Å². The zero-order chi connectivity index (χ0) is 27.7. The highest BCUT2D eigenvalue weighted by Crippen LogP contribution is 2.50. The van der Waals surface area contributed by atoms with Gasteiger partial charge in [0.25, 0.3) is 0 Å². The van der Waals surface area contributed by atoms with Crippen molar-refractivity contribution in [2.45, 2.75) is 19.4 Å². The Morgan fingerprint density at radius 2 is 1.54 bits per heavy atom. The van der Waals surface area contributed by atoms with Crippen molar-refractivity contribution in [3.8, 4) is 11.3 Å². The monoisotopic (exact) mass is 581 g/mol. The summed E-state index contributed by atoms with van der Waals surface area (Å²) >= 11 is 6.66. The fourth-order valence-electron chi connectivity index (χ4n) is 4.09. The van der Waals surface area contributed by atoms with Gasteiger partial charge in [0.2, 0.25) is 5.60 Å². The van der Waals surface area contributed by atoms with Gasteiger partial charge in [-0.05, 0) is 13.8 Å². The molecule has 0 aliphatic carbocycles. The van der Waals surface area contributed by atoms with E-state index in [2.05, 4.69) is 10.1 Å². The van der Waals surface area contributed by atoms with Crippen LogP contribution in [0.3, 0.4) is 0 Å². The largest absolute Gasteiger partial charge is 0.387 e. The second-order valence-electron chi connectivity index (χ2n) is 8.05. The van der Waals surface area contributed by atoms with Crippen LogP contribution in [-0.4, -0.2) is 30.4 Å². The Labute approximate surface area is 236 Å². The van der Waals surface area contributed by atoms with Gasteiger partial charge in [0.05, 0.1) is 18.9 Å². The van der Waals surface area contributed by atoms with Gasteiger partial charge in [-0.3, -0.25) is 9.05 Å². The molecular weight excluding hydrogens is 553 g/mol. The maximum Gasteiger partial charge on any atom is 0.382 e. The van der Waals surface area contributed by atoms with Crippen LogP contribution in [0.5, 0.6) is 0 Å². The molecule has 3 aromatic carbocycles. The fourth-order valence-corrected chi connectivity index (χ4v) is 6.59. The molecule has 2 N–H and O–H groups in total. The molecule has 0 unspecified atom stereocenters. The van der Waals surface area contributed by atoms with Crippen LogP contribution < -0.4 is 5.73 Å². The van der Waals surface area contributed by atoms with Crippen LogP contribution in [-0.2, 0) is 40.6 Å². The van der Waals surface area contributed by atoms with Crippen molar-refractivity contribution in [3.63, 3.8) is 0 Å². The van der Waals surface area contributed by atoms with E-state index in [0.29, 0.717) is 10.8 Å². The number of oxime groups is 1. The van der Waals surface area contributed by atoms with Crippen LogP contribution >= 0.6 is 18.1 Å². The van der Waals surface area contributed by atoms with Crippen molar-refractivity contribution in [1.82, 2.24) is 4.98 Å². The first-order valence-electron chi connectivity index (χ1n) is 12.2. The second kappa shape index (κ2) is 13.1. The van der Waals surface area contributed by atoms with Crippen LogP contribution in [0.4, 0.5) is 5.13 Å². The van der Waals surface area contributed by atoms with Gasteiger partial charge in [-0.25, -0.2) is 9.78 Å². The Hall–Kier alpha value is -3.40. The molecule has 4 aromatic rings. The number of thiazole rings is 1. The normalized spacial score (nSPS) is 11.9. The smallest absolute Gasteiger partial charge is 0.382 e. The summed E-state index contributed by atoms with van der Waals surface area (Å²) < 4.78 is 16.1. The molecule has 0 saturated carbocycles. The third-order valence-electron chi connectivity index (χ3n) is 5.59. The second-order valence-corrected chi connectivity index (χ2v) is 11.9. The quantitative estimate of drug-likeness (QED) is 0.0872. The summed E-state index contributed by atoms with van der Waals surface area (Å²) in [7, 11) is 0. The average Bonchev–Trinajstić information content (AvgIpc) is 3.38. The van der Waals surface area contributed by atoms with E-state index in [1.165, 1.54) is 11.3 Å². The van der Waals surface area contributed by atoms with E-state index in [-0.39, 0.29) is 13.2 Å². The van der Waals surface area contributed by atoms with Crippen molar-refractivity contribution in [3.05, 3.63) is 107 Å². The van der Waals surface area contributed by atoms with Crippen molar-refractivity contribution in [2.24, 2.45) is 5.16 Å². The summed E-state index contributed by atoms with van der Waals surface area (Å²) in [6, 6.07) is 27.0. The maximum atomic E-state index is 12.7. The Kier molecular flexibility index (Phi) is 9.61. The summed E-state index contributed by atoms with van der Waals surface area (Å²) in [4.78, 5) is 23.6. The zero-order valence-electron chi connectivity index (χ0n) is 21.4. The number of hydrogen-bond donors (Lipinski definition) is 1. The molecule has 0 fully saturated rings. The van der Waals surface area contributed by atoms with Gasteiger partial charge in [-0.2, -0.15) is 0 Å². The topological polar surface area (TPSA) is 105 Å². The minimum absolute atomic E-state index is 0.237. The van der Waals surface area contributed by atoms with E-state index in [4.69, 9.17) is 35.9 Å². The van der Waals surface area contributed by atoms with Gasteiger partial charge >= 0.3 is 12.7 Å². The third kappa shape index (κ3) is 6.61. The van der Waals surface area contributed by atoms with Gasteiger partial charge < -0.3 is 15.1 Å². The summed E-state index contributed by atoms with van der Waals surface area (Å²) in [6.07, 6.45) is 0.934. The van der Waals surface area contributed by atoms with E-state index in [1.807, 2.05) is 90.3 Å². The zero-order valence-corrected chi connectivity index (χ0v) is 24.0. The molecule has 0 radical (unpaired) electrons. The summed E-state index contributed by atoms with van der Waals surface area (Å²) in [5, 5.41) is 6.48. The number of rotatable bonds is 12. The van der Waals surface area contributed by atoms with E-state index < -0.39 is 18.3 Å². The molecule has 4 rings (SSSR count). The molecule has 0 saturated heterocycles. The van der Waals surface area contributed by atoms with E-state index in [1.54, 1.807) is 13.8 Å². The lowest BCUT2D eigenvalue weighted by atomic mass is 9.78. The molecule has 0 atom stereocenters. The van der Waals surface area contributed by atoms with E-state index in [0.717, 1.165) is 28.5 Å². The molecule has 1 aromatic heterocycles. The maximum absolute atomic E-state index is 12.7. The molecule has 39 heavy (non-hydrogen) atoms. The SMILES string of the molecule is CCOP(=S)(OCC)OC(=O)C=NOC(c1ccccc1)(c1ccccc1)c1ccccc1-c1csc(N)n1. The minimum atomic E-state index is -3.26. The lowest BCUT2D eigenvalue weighted by molar-refractivity contribution is -0.127. The third-order valence-corrected chi connectivity index (χ3v) is 8.67. The minimum Gasteiger partial charge on any atom is -0.387 e. The van der Waals surface area contributed by atoms with Gasteiger partial charge in [-0.1, -0.05) is 90.1 Å². The Morgan fingerprint density at radius 3 is 2.08 bits per heavy atom. The van der Waals surface area contributed by atoms with Crippen LogP contribution in [0.15, 0.2) is 95.5 Å². The molecule has 202 valence electrons. The number of nitrogens with two attached hydrogens (primary N) is 1. The van der Waals surface area contributed by atoms with Gasteiger partial charge in [-0.15, -0.1) is 11.3 Å². The molecular formula is C28H28N3O5PS2. The summed E-state index contributed by atoms with van der Waals surface area (Å²) in [6.45, 7) is 0.702. The molecule has 0 aliphatic heterocycles. The number of carbonyl (C=O) groups excluding carboxylic acids is 1. The standard InChI is InChI=1S/C28H28N3O5PS2/c1-3-33-37(38,34-4-2)35-26(32)19-30-36-28(21-13-7-5-8-14-21,22-15-9-6-10-16-22)24-18-12-11-17-23(24)25-20-39-27(29)31-25/h5-20H,3-4H2,1-2H3,(H2,29,31). The number of anilines is 1. The fraction of sp³-hybridized carbons (Fsp3) is 0.179. The Balaban J connectivity index is 1.84. The highest BCUT2D eigenvalue weighted by molar-refractivity contribution is 8.07. The van der Waals surface area contributed by atoms with Crippen molar-refractivity contribution in [1.29, 1.82) is 0 Å². The summed E-state index contributed by atoms with van der Waals surface area (Å²) in [5.74, 6) is -0.837. The summed E-state index contributed by atoms with van der Waals surface area (Å²) in [5.41, 5.74) is 8.54. The average molecular weight is 582 g/mol. The molecule has 8 nitrogen and oxygen atoms in total. The highest BCUT2D eigenvalue weighted by Gasteiger charge is 2.42. The molecule has 0 spiro atoms. The molecule has 0 amide bonds. The Bertz CT molecular complexity index is 1410. The van der Waals surface area contributed by atoms with Crippen LogP contribution in [0.25, 0.3) is 11.3 Å². The first-order valence-corrected chi connectivity index (χ1v) is 15.6. The number of nitrogen functional groups attached to an aromatic ring is 1. The van der Waals surface area contributed by atoms with Crippen molar-refractivity contribution < 1.29 is 23.2 Å². The number of nitrogens with zero attached hydrogens (tertiary/aromatic N) is 2. The van der Waals surface area contributed by atoms with Crippen molar-refractivity contribution in [2.75, 3.05) is 18.9 Å². The lowest BCUT2D eigenvalue weighted by Crippen LogP contribution is -2.32. The van der Waals surface area contributed by atoms with Gasteiger partial charge in [0.15, 0.2) is 11.3 Å². The molecule has 0 bridgehead atoms. The van der Waals surface area contributed by atoms with Gasteiger partial charge in [0, 0.05) is 39.4 Å².